The van der Waals surface area contributed by atoms with Gasteiger partial charge in [0.15, 0.2) is 5.78 Å². The molecule has 3 aromatic rings. The monoisotopic (exact) mass is 358 g/mol. The number of Topliss-reactive ketones (excluding diaryl/α,β-unsaturated/α-hetero) is 1. The minimum atomic E-state index is -0.245. The maximum atomic E-state index is 12.7. The molecule has 2 aromatic heterocycles. The van der Waals surface area contributed by atoms with Crippen LogP contribution in [0.2, 0.25) is 0 Å². The molecule has 130 valence electrons. The number of benzene rings is 1. The predicted octanol–water partition coefficient (Wildman–Crippen LogP) is 2.92. The molecule has 0 saturated carbocycles. The van der Waals surface area contributed by atoms with Gasteiger partial charge in [-0.05, 0) is 30.7 Å². The van der Waals surface area contributed by atoms with E-state index in [1.165, 1.54) is 36.5 Å². The molecule has 0 amide bonds. The molecule has 7 heteroatoms. The molecule has 0 aliphatic rings. The van der Waals surface area contributed by atoms with Crippen LogP contribution >= 0.6 is 11.3 Å². The molecule has 0 atom stereocenters. The maximum absolute atomic E-state index is 12.7. The summed E-state index contributed by atoms with van der Waals surface area (Å²) in [6.07, 6.45) is 2.27. The molecule has 2 heterocycles. The summed E-state index contributed by atoms with van der Waals surface area (Å²) in [6, 6.07) is 6.84. The third-order valence-corrected chi connectivity index (χ3v) is 5.13. The molecule has 0 aliphatic carbocycles. The second-order valence-corrected chi connectivity index (χ2v) is 6.57. The standard InChI is InChI=1S/C18H18N2O4S/c1-4-12-8-14-17(25-12)19-10-20(18(14)22)9-15(21)13-7-11(23-2)5-6-16(13)24-3/h5-8,10H,4,9H2,1-3H3. The summed E-state index contributed by atoms with van der Waals surface area (Å²) in [6.45, 7) is 1.92. The average molecular weight is 358 g/mol. The van der Waals surface area contributed by atoms with Crippen LogP contribution in [0.4, 0.5) is 0 Å². The van der Waals surface area contributed by atoms with Crippen molar-refractivity contribution in [2.75, 3.05) is 14.2 Å². The smallest absolute Gasteiger partial charge is 0.262 e. The fraction of sp³-hybridized carbons (Fsp3) is 0.278. The highest BCUT2D eigenvalue weighted by molar-refractivity contribution is 7.18. The van der Waals surface area contributed by atoms with Crippen molar-refractivity contribution in [1.82, 2.24) is 9.55 Å². The lowest BCUT2D eigenvalue weighted by Crippen LogP contribution is -2.24. The molecule has 25 heavy (non-hydrogen) atoms. The Morgan fingerprint density at radius 2 is 2.04 bits per heavy atom. The van der Waals surface area contributed by atoms with Crippen molar-refractivity contribution in [2.24, 2.45) is 0 Å². The van der Waals surface area contributed by atoms with Gasteiger partial charge >= 0.3 is 0 Å². The highest BCUT2D eigenvalue weighted by Crippen LogP contribution is 2.25. The molecule has 0 fully saturated rings. The number of carbonyl (C=O) groups is 1. The highest BCUT2D eigenvalue weighted by atomic mass is 32.1. The second kappa shape index (κ2) is 7.06. The van der Waals surface area contributed by atoms with Crippen molar-refractivity contribution in [2.45, 2.75) is 19.9 Å². The number of aryl methyl sites for hydroxylation is 1. The average Bonchev–Trinajstić information content (AvgIpc) is 3.07. The second-order valence-electron chi connectivity index (χ2n) is 5.45. The summed E-state index contributed by atoms with van der Waals surface area (Å²) in [5.41, 5.74) is 0.157. The van der Waals surface area contributed by atoms with E-state index >= 15 is 0 Å². The molecule has 0 radical (unpaired) electrons. The number of thiophene rings is 1. The number of methoxy groups -OCH3 is 2. The fourth-order valence-electron chi connectivity index (χ4n) is 2.57. The molecular formula is C18H18N2O4S. The Hall–Kier alpha value is -2.67. The van der Waals surface area contributed by atoms with Gasteiger partial charge < -0.3 is 9.47 Å². The number of carbonyl (C=O) groups excluding carboxylic acids is 1. The van der Waals surface area contributed by atoms with Crippen LogP contribution in [0.3, 0.4) is 0 Å². The van der Waals surface area contributed by atoms with Gasteiger partial charge in [0.2, 0.25) is 0 Å². The number of hydrogen-bond acceptors (Lipinski definition) is 6. The lowest BCUT2D eigenvalue weighted by atomic mass is 10.1. The number of hydrogen-bond donors (Lipinski definition) is 0. The van der Waals surface area contributed by atoms with E-state index in [1.54, 1.807) is 18.2 Å². The summed E-state index contributed by atoms with van der Waals surface area (Å²) in [4.78, 5) is 31.4. The Kier molecular flexibility index (Phi) is 4.85. The van der Waals surface area contributed by atoms with Crippen LogP contribution in [-0.4, -0.2) is 29.6 Å². The first-order valence-corrected chi connectivity index (χ1v) is 8.62. The molecule has 0 N–H and O–H groups in total. The van der Waals surface area contributed by atoms with Gasteiger partial charge in [-0.3, -0.25) is 14.2 Å². The van der Waals surface area contributed by atoms with Crippen LogP contribution in [0.5, 0.6) is 11.5 Å². The van der Waals surface area contributed by atoms with E-state index in [4.69, 9.17) is 9.47 Å². The van der Waals surface area contributed by atoms with E-state index in [2.05, 4.69) is 4.98 Å². The number of nitrogens with zero attached hydrogens (tertiary/aromatic N) is 2. The minimum Gasteiger partial charge on any atom is -0.497 e. The Morgan fingerprint density at radius 3 is 2.72 bits per heavy atom. The van der Waals surface area contributed by atoms with E-state index < -0.39 is 0 Å². The Labute approximate surface area is 148 Å². The number of ketones is 1. The van der Waals surface area contributed by atoms with Crippen molar-refractivity contribution < 1.29 is 14.3 Å². The first-order valence-electron chi connectivity index (χ1n) is 7.80. The molecule has 0 bridgehead atoms. The van der Waals surface area contributed by atoms with Crippen LogP contribution in [-0.2, 0) is 13.0 Å². The highest BCUT2D eigenvalue weighted by Gasteiger charge is 2.16. The van der Waals surface area contributed by atoms with E-state index in [0.717, 1.165) is 11.3 Å². The van der Waals surface area contributed by atoms with Crippen molar-refractivity contribution in [1.29, 1.82) is 0 Å². The zero-order valence-electron chi connectivity index (χ0n) is 14.2. The number of aromatic nitrogens is 2. The molecule has 1 aromatic carbocycles. The number of fused-ring (bicyclic) bond motifs is 1. The van der Waals surface area contributed by atoms with Crippen LogP contribution in [0, 0.1) is 0 Å². The van der Waals surface area contributed by atoms with Gasteiger partial charge in [-0.25, -0.2) is 4.98 Å². The van der Waals surface area contributed by atoms with Gasteiger partial charge in [0.25, 0.3) is 5.56 Å². The third kappa shape index (κ3) is 3.28. The fourth-order valence-corrected chi connectivity index (χ4v) is 3.49. The molecule has 0 spiro atoms. The van der Waals surface area contributed by atoms with Gasteiger partial charge in [-0.1, -0.05) is 6.92 Å². The van der Waals surface area contributed by atoms with Crippen molar-refractivity contribution in [3.63, 3.8) is 0 Å². The zero-order valence-corrected chi connectivity index (χ0v) is 15.1. The van der Waals surface area contributed by atoms with Crippen LogP contribution in [0.1, 0.15) is 22.2 Å². The maximum Gasteiger partial charge on any atom is 0.262 e. The number of rotatable bonds is 6. The Balaban J connectivity index is 1.97. The largest absolute Gasteiger partial charge is 0.497 e. The zero-order chi connectivity index (χ0) is 18.0. The quantitative estimate of drug-likeness (QED) is 0.634. The van der Waals surface area contributed by atoms with Crippen molar-refractivity contribution in [3.05, 3.63) is 51.4 Å². The van der Waals surface area contributed by atoms with E-state index in [0.29, 0.717) is 27.3 Å². The topological polar surface area (TPSA) is 70.4 Å². The van der Waals surface area contributed by atoms with Gasteiger partial charge in [0, 0.05) is 4.88 Å². The minimum absolute atomic E-state index is 0.109. The summed E-state index contributed by atoms with van der Waals surface area (Å²) in [7, 11) is 3.02. The van der Waals surface area contributed by atoms with Crippen molar-refractivity contribution >= 4 is 27.3 Å². The van der Waals surface area contributed by atoms with Crippen LogP contribution < -0.4 is 15.0 Å². The van der Waals surface area contributed by atoms with Gasteiger partial charge in [-0.15, -0.1) is 11.3 Å². The normalized spacial score (nSPS) is 10.8. The molecule has 0 aliphatic heterocycles. The molecular weight excluding hydrogens is 340 g/mol. The summed E-state index contributed by atoms with van der Waals surface area (Å²) < 4.78 is 11.7. The van der Waals surface area contributed by atoms with E-state index in [1.807, 2.05) is 13.0 Å². The predicted molar refractivity (Wildman–Crippen MR) is 97.1 cm³/mol. The summed E-state index contributed by atoms with van der Waals surface area (Å²) >= 11 is 1.50. The van der Waals surface area contributed by atoms with Gasteiger partial charge in [0.05, 0.1) is 38.0 Å². The van der Waals surface area contributed by atoms with Gasteiger partial charge in [-0.2, -0.15) is 0 Å². The van der Waals surface area contributed by atoms with Gasteiger partial charge in [0.1, 0.15) is 16.3 Å². The van der Waals surface area contributed by atoms with Crippen molar-refractivity contribution in [3.8, 4) is 11.5 Å². The third-order valence-electron chi connectivity index (χ3n) is 3.94. The Morgan fingerprint density at radius 1 is 1.24 bits per heavy atom. The number of ether oxygens (including phenoxy) is 2. The van der Waals surface area contributed by atoms with Crippen LogP contribution in [0.25, 0.3) is 10.2 Å². The first kappa shape index (κ1) is 17.2. The summed E-state index contributed by atoms with van der Waals surface area (Å²) in [5.74, 6) is 0.747. The molecule has 6 nitrogen and oxygen atoms in total. The molecule has 3 rings (SSSR count). The first-order chi connectivity index (χ1) is 12.1. The molecule has 0 saturated heterocycles. The summed E-state index contributed by atoms with van der Waals surface area (Å²) in [5, 5.41) is 0.551. The van der Waals surface area contributed by atoms with E-state index in [9.17, 15) is 9.59 Å². The Bertz CT molecular complexity index is 990. The SMILES string of the molecule is CCc1cc2c(=O)n(CC(=O)c3cc(OC)ccc3OC)cnc2s1. The lowest BCUT2D eigenvalue weighted by molar-refractivity contribution is 0.0967. The van der Waals surface area contributed by atoms with Crippen LogP contribution in [0.15, 0.2) is 35.4 Å². The van der Waals surface area contributed by atoms with E-state index in [-0.39, 0.29) is 17.9 Å². The molecule has 0 unspecified atom stereocenters. The lowest BCUT2D eigenvalue weighted by Gasteiger charge is -2.10.